The molecule has 2 heterocycles. The zero-order valence-corrected chi connectivity index (χ0v) is 10.8. The van der Waals surface area contributed by atoms with Gasteiger partial charge in [0.2, 0.25) is 0 Å². The van der Waals surface area contributed by atoms with Gasteiger partial charge in [-0.15, -0.1) is 0 Å². The van der Waals surface area contributed by atoms with Crippen molar-refractivity contribution in [1.82, 2.24) is 4.98 Å². The van der Waals surface area contributed by atoms with Gasteiger partial charge in [-0.05, 0) is 30.3 Å². The predicted octanol–water partition coefficient (Wildman–Crippen LogP) is 3.62. The summed E-state index contributed by atoms with van der Waals surface area (Å²) in [6, 6.07) is 12.7. The second-order valence-corrected chi connectivity index (χ2v) is 4.75. The fourth-order valence-corrected chi connectivity index (χ4v) is 2.21. The van der Waals surface area contributed by atoms with Crippen LogP contribution in [0.15, 0.2) is 62.3 Å². The third-order valence-corrected chi connectivity index (χ3v) is 3.14. The summed E-state index contributed by atoms with van der Waals surface area (Å²) in [6.07, 6.45) is 1.70. The van der Waals surface area contributed by atoms with Crippen molar-refractivity contribution in [2.75, 3.05) is 0 Å². The summed E-state index contributed by atoms with van der Waals surface area (Å²) in [4.78, 5) is 15.8. The van der Waals surface area contributed by atoms with E-state index in [0.717, 1.165) is 21.1 Å². The molecule has 0 unspecified atom stereocenters. The van der Waals surface area contributed by atoms with Gasteiger partial charge < -0.3 is 4.42 Å². The van der Waals surface area contributed by atoms with E-state index in [1.807, 2.05) is 30.3 Å². The van der Waals surface area contributed by atoms with Gasteiger partial charge in [0, 0.05) is 27.7 Å². The molecule has 3 rings (SSSR count). The Labute approximate surface area is 111 Å². The first-order valence-electron chi connectivity index (χ1n) is 5.39. The summed E-state index contributed by atoms with van der Waals surface area (Å²) in [5.74, 6) is 0. The van der Waals surface area contributed by atoms with Gasteiger partial charge in [0.05, 0.1) is 5.69 Å². The summed E-state index contributed by atoms with van der Waals surface area (Å²) in [5, 5.41) is 0.872. The first kappa shape index (κ1) is 11.2. The van der Waals surface area contributed by atoms with Crippen LogP contribution in [0, 0.1) is 0 Å². The van der Waals surface area contributed by atoms with Crippen molar-refractivity contribution < 1.29 is 4.42 Å². The zero-order valence-electron chi connectivity index (χ0n) is 9.26. The summed E-state index contributed by atoms with van der Waals surface area (Å²) >= 11 is 3.36. The number of halogens is 1. The van der Waals surface area contributed by atoms with E-state index in [4.69, 9.17) is 4.42 Å². The minimum Gasteiger partial charge on any atom is -0.423 e. The molecule has 2 aromatic heterocycles. The molecule has 0 aliphatic rings. The Hall–Kier alpha value is -1.94. The van der Waals surface area contributed by atoms with Crippen LogP contribution >= 0.6 is 15.9 Å². The molecule has 1 aromatic carbocycles. The van der Waals surface area contributed by atoms with Crippen molar-refractivity contribution in [2.45, 2.75) is 0 Å². The van der Waals surface area contributed by atoms with E-state index in [-0.39, 0.29) is 5.63 Å². The summed E-state index contributed by atoms with van der Waals surface area (Å²) in [6.45, 7) is 0. The second-order valence-electron chi connectivity index (χ2n) is 3.83. The number of nitrogens with zero attached hydrogens (tertiary/aromatic N) is 1. The van der Waals surface area contributed by atoms with Crippen LogP contribution in [-0.4, -0.2) is 4.98 Å². The smallest absolute Gasteiger partial charge is 0.336 e. The molecular formula is C14H8BrNO2. The van der Waals surface area contributed by atoms with Crippen LogP contribution in [0.4, 0.5) is 0 Å². The maximum absolute atomic E-state index is 11.6. The molecule has 18 heavy (non-hydrogen) atoms. The highest BCUT2D eigenvalue weighted by Gasteiger charge is 2.08. The quantitative estimate of drug-likeness (QED) is 0.645. The molecule has 0 fully saturated rings. The van der Waals surface area contributed by atoms with Gasteiger partial charge in [0.25, 0.3) is 0 Å². The standard InChI is InChI=1S/C14H8BrNO2/c15-9-4-5-10-11(12-3-1-2-6-16-12)8-14(17)18-13(10)7-9/h1-8H. The largest absolute Gasteiger partial charge is 0.423 e. The van der Waals surface area contributed by atoms with Gasteiger partial charge in [-0.3, -0.25) is 4.98 Å². The number of rotatable bonds is 1. The van der Waals surface area contributed by atoms with Gasteiger partial charge in [0.15, 0.2) is 0 Å². The van der Waals surface area contributed by atoms with Gasteiger partial charge >= 0.3 is 5.63 Å². The molecule has 0 saturated heterocycles. The lowest BCUT2D eigenvalue weighted by atomic mass is 10.1. The fourth-order valence-electron chi connectivity index (χ4n) is 1.87. The Bertz CT molecular complexity index is 766. The van der Waals surface area contributed by atoms with Crippen molar-refractivity contribution in [1.29, 1.82) is 0 Å². The van der Waals surface area contributed by atoms with Crippen molar-refractivity contribution in [3.63, 3.8) is 0 Å². The van der Waals surface area contributed by atoms with E-state index >= 15 is 0 Å². The molecule has 4 heteroatoms. The lowest BCUT2D eigenvalue weighted by molar-refractivity contribution is 0.561. The van der Waals surface area contributed by atoms with Crippen molar-refractivity contribution in [3.8, 4) is 11.3 Å². The normalized spacial score (nSPS) is 10.7. The van der Waals surface area contributed by atoms with Gasteiger partial charge in [-0.1, -0.05) is 22.0 Å². The Balaban J connectivity index is 2.39. The van der Waals surface area contributed by atoms with E-state index in [9.17, 15) is 4.79 Å². The number of benzene rings is 1. The molecule has 0 spiro atoms. The first-order chi connectivity index (χ1) is 8.74. The monoisotopic (exact) mass is 301 g/mol. The molecule has 0 aliphatic heterocycles. The zero-order chi connectivity index (χ0) is 12.5. The third kappa shape index (κ3) is 1.95. The van der Waals surface area contributed by atoms with Crippen LogP contribution in [0.5, 0.6) is 0 Å². The number of aromatic nitrogens is 1. The summed E-state index contributed by atoms with van der Waals surface area (Å²) in [7, 11) is 0. The summed E-state index contributed by atoms with van der Waals surface area (Å²) in [5.41, 5.74) is 1.73. The molecule has 0 radical (unpaired) electrons. The molecule has 0 N–H and O–H groups in total. The van der Waals surface area contributed by atoms with E-state index in [1.165, 1.54) is 6.07 Å². The Morgan fingerprint density at radius 3 is 2.78 bits per heavy atom. The lowest BCUT2D eigenvalue weighted by Gasteiger charge is -2.04. The maximum Gasteiger partial charge on any atom is 0.336 e. The van der Waals surface area contributed by atoms with Crippen LogP contribution in [0.2, 0.25) is 0 Å². The molecule has 88 valence electrons. The molecule has 0 aliphatic carbocycles. The van der Waals surface area contributed by atoms with Gasteiger partial charge in [-0.25, -0.2) is 4.79 Å². The molecule has 3 nitrogen and oxygen atoms in total. The van der Waals surface area contributed by atoms with Crippen LogP contribution in [-0.2, 0) is 0 Å². The molecular weight excluding hydrogens is 294 g/mol. The molecule has 0 amide bonds. The van der Waals surface area contributed by atoms with Crippen molar-refractivity contribution in [3.05, 3.63) is 63.6 Å². The van der Waals surface area contributed by atoms with Crippen molar-refractivity contribution >= 4 is 26.9 Å². The Kier molecular flexibility index (Phi) is 2.72. The number of hydrogen-bond acceptors (Lipinski definition) is 3. The number of fused-ring (bicyclic) bond motifs is 1. The highest BCUT2D eigenvalue weighted by Crippen LogP contribution is 2.27. The summed E-state index contributed by atoms with van der Waals surface area (Å²) < 4.78 is 6.06. The van der Waals surface area contributed by atoms with Gasteiger partial charge in [0.1, 0.15) is 5.58 Å². The predicted molar refractivity (Wildman–Crippen MR) is 73.4 cm³/mol. The van der Waals surface area contributed by atoms with E-state index < -0.39 is 0 Å². The molecule has 0 atom stereocenters. The Morgan fingerprint density at radius 2 is 2.00 bits per heavy atom. The maximum atomic E-state index is 11.6. The molecule has 3 aromatic rings. The third-order valence-electron chi connectivity index (χ3n) is 2.65. The van der Waals surface area contributed by atoms with E-state index in [0.29, 0.717) is 5.58 Å². The van der Waals surface area contributed by atoms with Crippen molar-refractivity contribution in [2.24, 2.45) is 0 Å². The van der Waals surface area contributed by atoms with Crippen LogP contribution < -0.4 is 5.63 Å². The number of hydrogen-bond donors (Lipinski definition) is 0. The van der Waals surface area contributed by atoms with E-state index in [1.54, 1.807) is 12.3 Å². The van der Waals surface area contributed by atoms with Crippen LogP contribution in [0.25, 0.3) is 22.2 Å². The van der Waals surface area contributed by atoms with E-state index in [2.05, 4.69) is 20.9 Å². The topological polar surface area (TPSA) is 43.1 Å². The second kappa shape index (κ2) is 4.38. The highest BCUT2D eigenvalue weighted by atomic mass is 79.9. The molecule has 0 saturated carbocycles. The molecule has 0 bridgehead atoms. The Morgan fingerprint density at radius 1 is 1.11 bits per heavy atom. The highest BCUT2D eigenvalue weighted by molar-refractivity contribution is 9.10. The average Bonchev–Trinajstić information content (AvgIpc) is 2.38. The fraction of sp³-hybridized carbons (Fsp3) is 0. The minimum atomic E-state index is -0.374. The van der Waals surface area contributed by atoms with Crippen LogP contribution in [0.1, 0.15) is 0 Å². The SMILES string of the molecule is O=c1cc(-c2ccccn2)c2ccc(Br)cc2o1. The van der Waals surface area contributed by atoms with Gasteiger partial charge in [-0.2, -0.15) is 0 Å². The first-order valence-corrected chi connectivity index (χ1v) is 6.18. The number of pyridine rings is 1. The minimum absolute atomic E-state index is 0.374. The average molecular weight is 302 g/mol. The lowest BCUT2D eigenvalue weighted by Crippen LogP contribution is -1.98. The van der Waals surface area contributed by atoms with Crippen LogP contribution in [0.3, 0.4) is 0 Å².